The fourth-order valence-corrected chi connectivity index (χ4v) is 2.40. The van der Waals surface area contributed by atoms with E-state index in [1.807, 2.05) is 18.2 Å². The molecular weight excluding hydrogens is 212 g/mol. The van der Waals surface area contributed by atoms with Crippen molar-refractivity contribution in [2.75, 3.05) is 6.54 Å². The Bertz CT molecular complexity index is 416. The molecule has 1 saturated carbocycles. The van der Waals surface area contributed by atoms with Gasteiger partial charge in [0.2, 0.25) is 0 Å². The van der Waals surface area contributed by atoms with Gasteiger partial charge in [0.25, 0.3) is 0 Å². The molecule has 1 aliphatic carbocycles. The first-order valence-corrected chi connectivity index (χ1v) is 6.14. The van der Waals surface area contributed by atoms with Gasteiger partial charge in [-0.1, -0.05) is 25.0 Å². The third-order valence-electron chi connectivity index (χ3n) is 3.37. The van der Waals surface area contributed by atoms with Crippen LogP contribution in [0.25, 0.3) is 0 Å². The van der Waals surface area contributed by atoms with Crippen LogP contribution in [0.1, 0.15) is 36.8 Å². The molecule has 0 heterocycles. The van der Waals surface area contributed by atoms with Crippen molar-refractivity contribution in [3.05, 3.63) is 35.4 Å². The van der Waals surface area contributed by atoms with E-state index in [-0.39, 0.29) is 0 Å². The molecule has 0 radical (unpaired) electrons. The maximum absolute atomic E-state index is 10.2. The highest BCUT2D eigenvalue weighted by atomic mass is 16.3. The summed E-state index contributed by atoms with van der Waals surface area (Å²) < 4.78 is 0. The lowest BCUT2D eigenvalue weighted by atomic mass is 10.0. The standard InChI is InChI=1S/C14H18N2O/c15-9-12-4-3-5-13(8-12)10-16-11-14(17)6-1-2-7-14/h3-5,8,16-17H,1-2,6-7,10-11H2. The summed E-state index contributed by atoms with van der Waals surface area (Å²) in [7, 11) is 0. The van der Waals surface area contributed by atoms with Crippen molar-refractivity contribution >= 4 is 0 Å². The maximum Gasteiger partial charge on any atom is 0.0991 e. The number of nitrogens with one attached hydrogen (secondary N) is 1. The number of aliphatic hydroxyl groups is 1. The molecule has 1 fully saturated rings. The minimum Gasteiger partial charge on any atom is -0.389 e. The molecule has 0 aliphatic heterocycles. The van der Waals surface area contributed by atoms with Gasteiger partial charge in [0.1, 0.15) is 0 Å². The van der Waals surface area contributed by atoms with Crippen LogP contribution in [0.2, 0.25) is 0 Å². The van der Waals surface area contributed by atoms with E-state index in [1.165, 1.54) is 0 Å². The van der Waals surface area contributed by atoms with Crippen LogP contribution in [0.3, 0.4) is 0 Å². The molecular formula is C14H18N2O. The SMILES string of the molecule is N#Cc1cccc(CNCC2(O)CCCC2)c1. The van der Waals surface area contributed by atoms with Gasteiger partial charge >= 0.3 is 0 Å². The quantitative estimate of drug-likeness (QED) is 0.831. The summed E-state index contributed by atoms with van der Waals surface area (Å²) in [5.41, 5.74) is 1.27. The van der Waals surface area contributed by atoms with E-state index < -0.39 is 5.60 Å². The van der Waals surface area contributed by atoms with Crippen molar-refractivity contribution in [3.8, 4) is 6.07 Å². The zero-order valence-corrected chi connectivity index (χ0v) is 9.95. The molecule has 0 spiro atoms. The highest BCUT2D eigenvalue weighted by Gasteiger charge is 2.30. The normalized spacial score (nSPS) is 17.9. The van der Waals surface area contributed by atoms with Crippen molar-refractivity contribution in [2.24, 2.45) is 0 Å². The Labute approximate surface area is 102 Å². The third kappa shape index (κ3) is 3.29. The van der Waals surface area contributed by atoms with E-state index in [0.29, 0.717) is 18.7 Å². The zero-order valence-electron chi connectivity index (χ0n) is 9.95. The predicted molar refractivity (Wildman–Crippen MR) is 66.3 cm³/mol. The summed E-state index contributed by atoms with van der Waals surface area (Å²) in [6.07, 6.45) is 4.06. The largest absolute Gasteiger partial charge is 0.389 e. The van der Waals surface area contributed by atoms with Crippen molar-refractivity contribution in [1.82, 2.24) is 5.32 Å². The molecule has 2 N–H and O–H groups in total. The van der Waals surface area contributed by atoms with Gasteiger partial charge in [-0.25, -0.2) is 0 Å². The molecule has 3 nitrogen and oxygen atoms in total. The van der Waals surface area contributed by atoms with Crippen molar-refractivity contribution in [3.63, 3.8) is 0 Å². The van der Waals surface area contributed by atoms with Crippen molar-refractivity contribution in [1.29, 1.82) is 5.26 Å². The highest BCUT2D eigenvalue weighted by molar-refractivity contribution is 5.32. The molecule has 0 bridgehead atoms. The molecule has 1 aromatic carbocycles. The Morgan fingerprint density at radius 2 is 2.12 bits per heavy atom. The predicted octanol–water partition coefficient (Wildman–Crippen LogP) is 1.95. The molecule has 90 valence electrons. The second kappa shape index (κ2) is 5.31. The van der Waals surface area contributed by atoms with Crippen LogP contribution in [0.15, 0.2) is 24.3 Å². The summed E-state index contributed by atoms with van der Waals surface area (Å²) >= 11 is 0. The summed E-state index contributed by atoms with van der Waals surface area (Å²) in [6, 6.07) is 9.69. The van der Waals surface area contributed by atoms with Gasteiger partial charge in [0.05, 0.1) is 17.2 Å². The Morgan fingerprint density at radius 3 is 2.82 bits per heavy atom. The second-order valence-electron chi connectivity index (χ2n) is 4.85. The first-order chi connectivity index (χ1) is 8.22. The van der Waals surface area contributed by atoms with Crippen LogP contribution in [0, 0.1) is 11.3 Å². The first-order valence-electron chi connectivity index (χ1n) is 6.14. The maximum atomic E-state index is 10.2. The summed E-state index contributed by atoms with van der Waals surface area (Å²) in [6.45, 7) is 1.35. The molecule has 0 saturated heterocycles. The van der Waals surface area contributed by atoms with Gasteiger partial charge in [-0.15, -0.1) is 0 Å². The monoisotopic (exact) mass is 230 g/mol. The van der Waals surface area contributed by atoms with Crippen molar-refractivity contribution in [2.45, 2.75) is 37.8 Å². The molecule has 0 unspecified atom stereocenters. The number of nitrogens with zero attached hydrogens (tertiary/aromatic N) is 1. The second-order valence-corrected chi connectivity index (χ2v) is 4.85. The first kappa shape index (κ1) is 12.1. The number of rotatable bonds is 4. The lowest BCUT2D eigenvalue weighted by Crippen LogP contribution is -2.37. The third-order valence-corrected chi connectivity index (χ3v) is 3.37. The molecule has 0 aromatic heterocycles. The zero-order chi connectivity index (χ0) is 12.1. The highest BCUT2D eigenvalue weighted by Crippen LogP contribution is 2.28. The average molecular weight is 230 g/mol. The Hall–Kier alpha value is -1.37. The summed E-state index contributed by atoms with van der Waals surface area (Å²) in [4.78, 5) is 0. The van der Waals surface area contributed by atoms with E-state index in [0.717, 1.165) is 31.2 Å². The lowest BCUT2D eigenvalue weighted by molar-refractivity contribution is 0.0475. The molecule has 0 amide bonds. The van der Waals surface area contributed by atoms with Crippen LogP contribution >= 0.6 is 0 Å². The Kier molecular flexibility index (Phi) is 3.78. The van der Waals surface area contributed by atoms with Gasteiger partial charge in [0, 0.05) is 13.1 Å². The van der Waals surface area contributed by atoms with Crippen LogP contribution < -0.4 is 5.32 Å². The van der Waals surface area contributed by atoms with E-state index in [4.69, 9.17) is 5.26 Å². The molecule has 1 aromatic rings. The van der Waals surface area contributed by atoms with E-state index in [9.17, 15) is 5.11 Å². The molecule has 2 rings (SSSR count). The minimum atomic E-state index is -0.507. The van der Waals surface area contributed by atoms with Gasteiger partial charge in [-0.3, -0.25) is 0 Å². The van der Waals surface area contributed by atoms with Crippen molar-refractivity contribution < 1.29 is 5.11 Å². The summed E-state index contributed by atoms with van der Waals surface area (Å²) in [5, 5.41) is 22.2. The lowest BCUT2D eigenvalue weighted by Gasteiger charge is -2.22. The number of hydrogen-bond acceptors (Lipinski definition) is 3. The molecule has 17 heavy (non-hydrogen) atoms. The number of nitriles is 1. The molecule has 0 atom stereocenters. The van der Waals surface area contributed by atoms with Crippen LogP contribution in [0.5, 0.6) is 0 Å². The Morgan fingerprint density at radius 1 is 1.35 bits per heavy atom. The van der Waals surface area contributed by atoms with Crippen LogP contribution in [-0.4, -0.2) is 17.3 Å². The molecule has 1 aliphatic rings. The van der Waals surface area contributed by atoms with Gasteiger partial charge in [-0.05, 0) is 30.5 Å². The number of hydrogen-bond donors (Lipinski definition) is 2. The minimum absolute atomic E-state index is 0.507. The van der Waals surface area contributed by atoms with Gasteiger partial charge in [-0.2, -0.15) is 5.26 Å². The van der Waals surface area contributed by atoms with E-state index in [2.05, 4.69) is 11.4 Å². The average Bonchev–Trinajstić information content (AvgIpc) is 2.77. The van der Waals surface area contributed by atoms with Gasteiger partial charge < -0.3 is 10.4 Å². The summed E-state index contributed by atoms with van der Waals surface area (Å²) in [5.74, 6) is 0. The van der Waals surface area contributed by atoms with E-state index >= 15 is 0 Å². The number of benzene rings is 1. The smallest absolute Gasteiger partial charge is 0.0991 e. The fraction of sp³-hybridized carbons (Fsp3) is 0.500. The van der Waals surface area contributed by atoms with Gasteiger partial charge in [0.15, 0.2) is 0 Å². The van der Waals surface area contributed by atoms with E-state index in [1.54, 1.807) is 6.07 Å². The Balaban J connectivity index is 1.83. The molecule has 3 heteroatoms. The van der Waals surface area contributed by atoms with Crippen LogP contribution in [-0.2, 0) is 6.54 Å². The topological polar surface area (TPSA) is 56.0 Å². The fourth-order valence-electron chi connectivity index (χ4n) is 2.40. The van der Waals surface area contributed by atoms with Crippen LogP contribution in [0.4, 0.5) is 0 Å².